The second kappa shape index (κ2) is 14.1. The van der Waals surface area contributed by atoms with Crippen LogP contribution < -0.4 is 9.47 Å². The second-order valence-corrected chi connectivity index (χ2v) is 13.0. The van der Waals surface area contributed by atoms with Gasteiger partial charge in [0.25, 0.3) is 5.91 Å². The van der Waals surface area contributed by atoms with Crippen molar-refractivity contribution in [2.75, 3.05) is 6.61 Å². The summed E-state index contributed by atoms with van der Waals surface area (Å²) in [6, 6.07) is 11.1. The fourth-order valence-electron chi connectivity index (χ4n) is 5.73. The number of rotatable bonds is 9. The van der Waals surface area contributed by atoms with E-state index in [-0.39, 0.29) is 24.1 Å². The summed E-state index contributed by atoms with van der Waals surface area (Å²) in [5.41, 5.74) is 1.98. The Morgan fingerprint density at radius 3 is 2.39 bits per heavy atom. The molecular weight excluding hydrogens is 651 g/mol. The normalized spacial score (nSPS) is 20.6. The number of hydrogen-bond donors (Lipinski definition) is 1. The molecule has 218 valence electrons. The van der Waals surface area contributed by atoms with Crippen molar-refractivity contribution >= 4 is 57.5 Å². The first-order valence-corrected chi connectivity index (χ1v) is 16.5. The van der Waals surface area contributed by atoms with Crippen LogP contribution in [0.15, 0.2) is 46.3 Å². The number of aromatic carboxylic acids is 1. The molecule has 9 heteroatoms. The summed E-state index contributed by atoms with van der Waals surface area (Å²) in [4.78, 5) is 32.8. The van der Waals surface area contributed by atoms with Crippen LogP contribution in [-0.2, 0) is 11.4 Å². The van der Waals surface area contributed by atoms with Gasteiger partial charge in [0, 0.05) is 6.04 Å². The van der Waals surface area contributed by atoms with E-state index >= 15 is 0 Å². The van der Waals surface area contributed by atoms with Crippen LogP contribution in [0.5, 0.6) is 11.5 Å². The predicted octanol–water partition coefficient (Wildman–Crippen LogP) is 7.90. The van der Waals surface area contributed by atoms with Crippen LogP contribution >= 0.6 is 34.4 Å². The molecule has 2 aliphatic carbocycles. The molecule has 1 amide bonds. The Morgan fingerprint density at radius 1 is 1.05 bits per heavy atom. The molecular formula is C32H37IN2O5S. The maximum atomic E-state index is 13.8. The van der Waals surface area contributed by atoms with Gasteiger partial charge in [0.1, 0.15) is 6.61 Å². The van der Waals surface area contributed by atoms with Gasteiger partial charge < -0.3 is 14.6 Å². The van der Waals surface area contributed by atoms with E-state index in [1.54, 1.807) is 24.3 Å². The zero-order chi connectivity index (χ0) is 28.8. The Kier molecular flexibility index (Phi) is 10.3. The molecule has 2 aromatic carbocycles. The quantitative estimate of drug-likeness (QED) is 0.213. The highest BCUT2D eigenvalue weighted by Crippen LogP contribution is 2.40. The van der Waals surface area contributed by atoms with Gasteiger partial charge in [-0.3, -0.25) is 14.7 Å². The maximum Gasteiger partial charge on any atom is 0.335 e. The van der Waals surface area contributed by atoms with E-state index in [1.807, 2.05) is 30.0 Å². The van der Waals surface area contributed by atoms with E-state index in [2.05, 4.69) is 22.6 Å². The lowest BCUT2D eigenvalue weighted by atomic mass is 9.94. The summed E-state index contributed by atoms with van der Waals surface area (Å²) < 4.78 is 13.0. The molecule has 2 aromatic rings. The molecule has 5 rings (SSSR count). The first kappa shape index (κ1) is 29.9. The van der Waals surface area contributed by atoms with Crippen LogP contribution in [-0.4, -0.2) is 45.7 Å². The number of nitrogens with zero attached hydrogens (tertiary/aromatic N) is 2. The molecule has 0 atom stereocenters. The Hall–Kier alpha value is -2.53. The molecule has 1 heterocycles. The molecule has 1 aliphatic heterocycles. The number of hydrogen-bond acceptors (Lipinski definition) is 6. The number of benzene rings is 2. The van der Waals surface area contributed by atoms with Crippen LogP contribution in [0.3, 0.4) is 0 Å². The number of halogens is 1. The third-order valence-corrected chi connectivity index (χ3v) is 9.66. The van der Waals surface area contributed by atoms with Crippen LogP contribution in [0.1, 0.15) is 92.6 Å². The Balaban J connectivity index is 1.39. The number of carboxylic acids is 1. The van der Waals surface area contributed by atoms with Crippen molar-refractivity contribution in [2.45, 2.75) is 89.8 Å². The van der Waals surface area contributed by atoms with Gasteiger partial charge >= 0.3 is 5.97 Å². The molecule has 2 saturated carbocycles. The lowest BCUT2D eigenvalue weighted by molar-refractivity contribution is -0.124. The van der Waals surface area contributed by atoms with E-state index in [9.17, 15) is 9.59 Å². The lowest BCUT2D eigenvalue weighted by Crippen LogP contribution is -2.41. The zero-order valence-corrected chi connectivity index (χ0v) is 26.4. The van der Waals surface area contributed by atoms with Gasteiger partial charge in [-0.05, 0) is 108 Å². The molecule has 7 nitrogen and oxygen atoms in total. The van der Waals surface area contributed by atoms with Crippen molar-refractivity contribution in [2.24, 2.45) is 4.99 Å². The lowest BCUT2D eigenvalue weighted by Gasteiger charge is -2.31. The van der Waals surface area contributed by atoms with Crippen molar-refractivity contribution in [3.63, 3.8) is 0 Å². The predicted molar refractivity (Wildman–Crippen MR) is 172 cm³/mol. The van der Waals surface area contributed by atoms with Gasteiger partial charge in [0.2, 0.25) is 0 Å². The number of amides is 1. The fourth-order valence-corrected chi connectivity index (χ4v) is 7.62. The summed E-state index contributed by atoms with van der Waals surface area (Å²) in [5.74, 6) is 0.354. The zero-order valence-electron chi connectivity index (χ0n) is 23.4. The van der Waals surface area contributed by atoms with Crippen LogP contribution in [0.4, 0.5) is 0 Å². The van der Waals surface area contributed by atoms with Crippen LogP contribution in [0.2, 0.25) is 0 Å². The average molecular weight is 689 g/mol. The number of aliphatic imine (C=N–C) groups is 1. The molecule has 1 saturated heterocycles. The molecule has 0 aromatic heterocycles. The first-order valence-electron chi connectivity index (χ1n) is 14.6. The van der Waals surface area contributed by atoms with E-state index in [0.717, 1.165) is 58.4 Å². The largest absolute Gasteiger partial charge is 0.490 e. The Morgan fingerprint density at radius 2 is 1.73 bits per heavy atom. The average Bonchev–Trinajstić information content (AvgIpc) is 3.27. The molecule has 0 spiro atoms. The number of thioether (sulfide) groups is 1. The monoisotopic (exact) mass is 688 g/mol. The van der Waals surface area contributed by atoms with E-state index in [1.165, 1.54) is 37.4 Å². The molecule has 3 fully saturated rings. The highest BCUT2D eigenvalue weighted by atomic mass is 127. The highest BCUT2D eigenvalue weighted by Gasteiger charge is 2.39. The van der Waals surface area contributed by atoms with Gasteiger partial charge in [0.15, 0.2) is 16.7 Å². The Bertz CT molecular complexity index is 1310. The SMILES string of the molecule is CCOc1cc(C=C2SC(=NC3CCCCC3)N(C3CCCCC3)C2=O)cc(I)c1OCc1ccc(C(=O)O)cc1. The highest BCUT2D eigenvalue weighted by molar-refractivity contribution is 14.1. The van der Waals surface area contributed by atoms with Crippen molar-refractivity contribution in [3.05, 3.63) is 61.6 Å². The molecule has 41 heavy (non-hydrogen) atoms. The standard InChI is InChI=1S/C32H37IN2O5S/c1-2-39-27-18-22(17-26(33)29(27)40-20-21-13-15-23(16-14-21)31(37)38)19-28-30(36)35(25-11-7-4-8-12-25)32(41-28)34-24-9-5-3-6-10-24/h13-19,24-25H,2-12,20H2,1H3,(H,37,38). The minimum atomic E-state index is -0.955. The minimum Gasteiger partial charge on any atom is -0.490 e. The van der Waals surface area contributed by atoms with E-state index in [0.29, 0.717) is 29.1 Å². The van der Waals surface area contributed by atoms with Gasteiger partial charge in [-0.2, -0.15) is 0 Å². The van der Waals surface area contributed by atoms with Gasteiger partial charge in [-0.25, -0.2) is 4.79 Å². The topological polar surface area (TPSA) is 88.4 Å². The van der Waals surface area contributed by atoms with E-state index < -0.39 is 5.97 Å². The van der Waals surface area contributed by atoms with Gasteiger partial charge in [-0.15, -0.1) is 0 Å². The molecule has 3 aliphatic rings. The number of carbonyl (C=O) groups is 2. The van der Waals surface area contributed by atoms with E-state index in [4.69, 9.17) is 19.6 Å². The van der Waals surface area contributed by atoms with Crippen molar-refractivity contribution in [1.82, 2.24) is 4.90 Å². The molecule has 0 bridgehead atoms. The number of carboxylic acid groups (broad SMARTS) is 1. The smallest absolute Gasteiger partial charge is 0.335 e. The Labute approximate surface area is 259 Å². The van der Waals surface area contributed by atoms with Crippen molar-refractivity contribution in [1.29, 1.82) is 0 Å². The summed E-state index contributed by atoms with van der Waals surface area (Å²) in [7, 11) is 0. The van der Waals surface area contributed by atoms with Crippen LogP contribution in [0, 0.1) is 3.57 Å². The fraction of sp³-hybridized carbons (Fsp3) is 0.469. The summed E-state index contributed by atoms with van der Waals surface area (Å²) in [6.07, 6.45) is 13.5. The maximum absolute atomic E-state index is 13.8. The van der Waals surface area contributed by atoms with Gasteiger partial charge in [0.05, 0.1) is 26.7 Å². The first-order chi connectivity index (χ1) is 19.9. The number of carbonyl (C=O) groups excluding carboxylic acids is 1. The second-order valence-electron chi connectivity index (χ2n) is 10.8. The number of ether oxygens (including phenoxy) is 2. The van der Waals surface area contributed by atoms with Crippen molar-refractivity contribution in [3.8, 4) is 11.5 Å². The summed E-state index contributed by atoms with van der Waals surface area (Å²) in [6.45, 7) is 2.68. The van der Waals surface area contributed by atoms with Crippen LogP contribution in [0.25, 0.3) is 6.08 Å². The molecule has 0 unspecified atom stereocenters. The molecule has 0 radical (unpaired) electrons. The summed E-state index contributed by atoms with van der Waals surface area (Å²) >= 11 is 3.76. The summed E-state index contributed by atoms with van der Waals surface area (Å²) in [5, 5.41) is 10.0. The molecule has 1 N–H and O–H groups in total. The van der Waals surface area contributed by atoms with Gasteiger partial charge in [-0.1, -0.05) is 50.7 Å². The third kappa shape index (κ3) is 7.46. The third-order valence-electron chi connectivity index (χ3n) is 7.86. The number of amidine groups is 1. The van der Waals surface area contributed by atoms with Crippen molar-refractivity contribution < 1.29 is 24.2 Å². The minimum absolute atomic E-state index is 0.0644.